The third kappa shape index (κ3) is 2.18. The van der Waals surface area contributed by atoms with Gasteiger partial charge in [0.25, 0.3) is 0 Å². The lowest BCUT2D eigenvalue weighted by atomic mass is 9.99. The molecule has 0 unspecified atom stereocenters. The van der Waals surface area contributed by atoms with Crippen molar-refractivity contribution >= 4 is 11.6 Å². The van der Waals surface area contributed by atoms with Gasteiger partial charge in [0.15, 0.2) is 11.6 Å². The van der Waals surface area contributed by atoms with Crippen LogP contribution in [0.15, 0.2) is 12.4 Å². The van der Waals surface area contributed by atoms with E-state index in [1.165, 1.54) is 12.8 Å². The molecular formula is C10H17N5. The maximum absolute atomic E-state index is 5.41. The average Bonchev–Trinajstić information content (AvgIpc) is 2.30. The van der Waals surface area contributed by atoms with E-state index in [0.29, 0.717) is 5.82 Å². The highest BCUT2D eigenvalue weighted by molar-refractivity contribution is 5.59. The highest BCUT2D eigenvalue weighted by atomic mass is 15.3. The minimum Gasteiger partial charge on any atom is -0.353 e. The number of nitrogens with one attached hydrogen (secondary N) is 1. The second kappa shape index (κ2) is 4.44. The van der Waals surface area contributed by atoms with E-state index in [-0.39, 0.29) is 0 Å². The summed E-state index contributed by atoms with van der Waals surface area (Å²) in [7, 11) is 0. The minimum atomic E-state index is 0.659. The molecule has 0 bridgehead atoms. The Morgan fingerprint density at radius 1 is 1.33 bits per heavy atom. The molecule has 15 heavy (non-hydrogen) atoms. The lowest BCUT2D eigenvalue weighted by Crippen LogP contribution is -2.34. The molecule has 82 valence electrons. The number of piperidine rings is 1. The fourth-order valence-electron chi connectivity index (χ4n) is 1.88. The normalized spacial score (nSPS) is 17.9. The molecule has 1 aliphatic rings. The van der Waals surface area contributed by atoms with Gasteiger partial charge >= 0.3 is 0 Å². The van der Waals surface area contributed by atoms with Crippen molar-refractivity contribution < 1.29 is 0 Å². The van der Waals surface area contributed by atoms with Crippen LogP contribution < -0.4 is 16.2 Å². The van der Waals surface area contributed by atoms with E-state index in [9.17, 15) is 0 Å². The van der Waals surface area contributed by atoms with Crippen molar-refractivity contribution in [3.8, 4) is 0 Å². The Morgan fingerprint density at radius 3 is 2.67 bits per heavy atom. The van der Waals surface area contributed by atoms with E-state index in [4.69, 9.17) is 5.84 Å². The van der Waals surface area contributed by atoms with Gasteiger partial charge in [-0.3, -0.25) is 0 Å². The molecule has 1 aromatic rings. The summed E-state index contributed by atoms with van der Waals surface area (Å²) in [6.07, 6.45) is 5.76. The van der Waals surface area contributed by atoms with Crippen LogP contribution in [-0.4, -0.2) is 23.1 Å². The lowest BCUT2D eigenvalue weighted by Gasteiger charge is -2.31. The number of hydrazine groups is 1. The van der Waals surface area contributed by atoms with E-state index < -0.39 is 0 Å². The van der Waals surface area contributed by atoms with Crippen molar-refractivity contribution in [2.24, 2.45) is 11.8 Å². The third-order valence-corrected chi connectivity index (χ3v) is 2.90. The molecule has 1 fully saturated rings. The Kier molecular flexibility index (Phi) is 3.01. The van der Waals surface area contributed by atoms with Crippen LogP contribution >= 0.6 is 0 Å². The smallest absolute Gasteiger partial charge is 0.183 e. The number of nitrogens with zero attached hydrogens (tertiary/aromatic N) is 3. The topological polar surface area (TPSA) is 67.1 Å². The monoisotopic (exact) mass is 207 g/mol. The summed E-state index contributed by atoms with van der Waals surface area (Å²) in [6, 6.07) is 0. The van der Waals surface area contributed by atoms with Crippen LogP contribution in [0.3, 0.4) is 0 Å². The van der Waals surface area contributed by atoms with Crippen LogP contribution in [-0.2, 0) is 0 Å². The molecule has 3 N–H and O–H groups in total. The molecule has 0 atom stereocenters. The summed E-state index contributed by atoms with van der Waals surface area (Å²) in [6.45, 7) is 4.36. The second-order valence-electron chi connectivity index (χ2n) is 4.04. The molecule has 5 nitrogen and oxygen atoms in total. The quantitative estimate of drug-likeness (QED) is 0.559. The number of nitrogens with two attached hydrogens (primary N) is 1. The predicted octanol–water partition coefficient (Wildman–Crippen LogP) is 0.999. The number of aromatic nitrogens is 2. The summed E-state index contributed by atoms with van der Waals surface area (Å²) >= 11 is 0. The van der Waals surface area contributed by atoms with Gasteiger partial charge in [-0.25, -0.2) is 15.8 Å². The largest absolute Gasteiger partial charge is 0.353 e. The highest BCUT2D eigenvalue weighted by Crippen LogP contribution is 2.24. The van der Waals surface area contributed by atoms with Gasteiger partial charge < -0.3 is 10.3 Å². The van der Waals surface area contributed by atoms with Crippen LogP contribution in [0.2, 0.25) is 0 Å². The van der Waals surface area contributed by atoms with Gasteiger partial charge in [0.1, 0.15) is 0 Å². The van der Waals surface area contributed by atoms with Crippen molar-refractivity contribution in [1.29, 1.82) is 0 Å². The van der Waals surface area contributed by atoms with Crippen molar-refractivity contribution in [3.05, 3.63) is 12.4 Å². The first kappa shape index (κ1) is 10.2. The average molecular weight is 207 g/mol. The van der Waals surface area contributed by atoms with E-state index in [0.717, 1.165) is 24.8 Å². The number of hydrogen-bond acceptors (Lipinski definition) is 5. The summed E-state index contributed by atoms with van der Waals surface area (Å²) in [5.41, 5.74) is 2.59. The molecule has 5 heteroatoms. The second-order valence-corrected chi connectivity index (χ2v) is 4.04. The van der Waals surface area contributed by atoms with E-state index in [1.54, 1.807) is 12.4 Å². The van der Waals surface area contributed by atoms with Gasteiger partial charge in [-0.15, -0.1) is 0 Å². The SMILES string of the molecule is CC1CCN(c2nccnc2NN)CC1. The van der Waals surface area contributed by atoms with Gasteiger partial charge in [-0.1, -0.05) is 6.92 Å². The molecule has 2 heterocycles. The zero-order valence-electron chi connectivity index (χ0n) is 8.98. The standard InChI is InChI=1S/C10H17N5/c1-8-2-6-15(7-3-8)10-9(14-11)12-4-5-13-10/h4-5,8H,2-3,6-7,11H2,1H3,(H,12,14). The fourth-order valence-corrected chi connectivity index (χ4v) is 1.88. The zero-order chi connectivity index (χ0) is 10.7. The third-order valence-electron chi connectivity index (χ3n) is 2.90. The Balaban J connectivity index is 2.15. The van der Waals surface area contributed by atoms with E-state index >= 15 is 0 Å². The molecule has 2 rings (SSSR count). The molecule has 1 aromatic heterocycles. The first-order chi connectivity index (χ1) is 7.31. The highest BCUT2D eigenvalue weighted by Gasteiger charge is 2.19. The van der Waals surface area contributed by atoms with Crippen LogP contribution in [0, 0.1) is 5.92 Å². The number of nitrogen functional groups attached to an aromatic ring is 1. The molecule has 0 aliphatic carbocycles. The minimum absolute atomic E-state index is 0.659. The maximum Gasteiger partial charge on any atom is 0.183 e. The Bertz CT molecular complexity index is 319. The molecule has 0 radical (unpaired) electrons. The first-order valence-electron chi connectivity index (χ1n) is 5.34. The molecule has 0 amide bonds. The van der Waals surface area contributed by atoms with Crippen molar-refractivity contribution in [2.75, 3.05) is 23.4 Å². The van der Waals surface area contributed by atoms with Gasteiger partial charge in [0.05, 0.1) is 0 Å². The van der Waals surface area contributed by atoms with Crippen LogP contribution in [0.5, 0.6) is 0 Å². The summed E-state index contributed by atoms with van der Waals surface area (Å²) in [4.78, 5) is 10.7. The maximum atomic E-state index is 5.41. The number of anilines is 2. The molecule has 1 saturated heterocycles. The van der Waals surface area contributed by atoms with Crippen molar-refractivity contribution in [1.82, 2.24) is 9.97 Å². The molecule has 0 saturated carbocycles. The Labute approximate surface area is 89.7 Å². The van der Waals surface area contributed by atoms with Crippen molar-refractivity contribution in [2.45, 2.75) is 19.8 Å². The van der Waals surface area contributed by atoms with Gasteiger partial charge in [0, 0.05) is 25.5 Å². The number of hydrogen-bond donors (Lipinski definition) is 2. The molecule has 0 spiro atoms. The predicted molar refractivity (Wildman–Crippen MR) is 60.5 cm³/mol. The van der Waals surface area contributed by atoms with Crippen LogP contribution in [0.25, 0.3) is 0 Å². The van der Waals surface area contributed by atoms with Crippen molar-refractivity contribution in [3.63, 3.8) is 0 Å². The number of rotatable bonds is 2. The zero-order valence-corrected chi connectivity index (χ0v) is 8.98. The molecule has 1 aliphatic heterocycles. The Morgan fingerprint density at radius 2 is 2.00 bits per heavy atom. The lowest BCUT2D eigenvalue weighted by molar-refractivity contribution is 0.436. The van der Waals surface area contributed by atoms with E-state index in [2.05, 4.69) is 27.2 Å². The molecule has 0 aromatic carbocycles. The van der Waals surface area contributed by atoms with E-state index in [1.807, 2.05) is 0 Å². The van der Waals surface area contributed by atoms with Gasteiger partial charge in [-0.2, -0.15) is 0 Å². The first-order valence-corrected chi connectivity index (χ1v) is 5.34. The summed E-state index contributed by atoms with van der Waals surface area (Å²) in [5.74, 6) is 7.74. The molecular weight excluding hydrogens is 190 g/mol. The van der Waals surface area contributed by atoms with Crippen LogP contribution in [0.1, 0.15) is 19.8 Å². The van der Waals surface area contributed by atoms with Crippen LogP contribution in [0.4, 0.5) is 11.6 Å². The van der Waals surface area contributed by atoms with Gasteiger partial charge in [-0.05, 0) is 18.8 Å². The van der Waals surface area contributed by atoms with Gasteiger partial charge in [0.2, 0.25) is 0 Å². The summed E-state index contributed by atoms with van der Waals surface area (Å²) in [5, 5.41) is 0. The fraction of sp³-hybridized carbons (Fsp3) is 0.600. The Hall–Kier alpha value is -1.36. The summed E-state index contributed by atoms with van der Waals surface area (Å²) < 4.78 is 0.